The highest BCUT2D eigenvalue weighted by Gasteiger charge is 2.33. The normalized spacial score (nSPS) is 14.1. The molecule has 0 unspecified atom stereocenters. The number of halogens is 2. The van der Waals surface area contributed by atoms with Crippen molar-refractivity contribution in [2.24, 2.45) is 5.92 Å². The van der Waals surface area contributed by atoms with E-state index in [9.17, 15) is 14.3 Å². The van der Waals surface area contributed by atoms with Crippen molar-refractivity contribution in [3.05, 3.63) is 70.9 Å². The maximum Gasteiger partial charge on any atom is 0.303 e. The van der Waals surface area contributed by atoms with E-state index in [-0.39, 0.29) is 35.4 Å². The lowest BCUT2D eigenvalue weighted by atomic mass is 9.91. The topological polar surface area (TPSA) is 81.5 Å². The van der Waals surface area contributed by atoms with Gasteiger partial charge in [0.1, 0.15) is 29.6 Å². The summed E-state index contributed by atoms with van der Waals surface area (Å²) in [6.45, 7) is 0.115. The number of methoxy groups -OCH3 is 1. The number of aliphatic carboxylic acids is 1. The molecule has 6 nitrogen and oxygen atoms in total. The van der Waals surface area contributed by atoms with Gasteiger partial charge in [0.25, 0.3) is 0 Å². The highest BCUT2D eigenvalue weighted by molar-refractivity contribution is 6.31. The number of hydrogen-bond donors (Lipinski definition) is 1. The van der Waals surface area contributed by atoms with Crippen LogP contribution in [0.2, 0.25) is 5.15 Å². The van der Waals surface area contributed by atoms with Gasteiger partial charge in [-0.25, -0.2) is 9.37 Å². The third kappa shape index (κ3) is 5.16. The Balaban J connectivity index is 1.48. The first kappa shape index (κ1) is 22.0. The van der Waals surface area contributed by atoms with E-state index in [4.69, 9.17) is 21.1 Å². The highest BCUT2D eigenvalue weighted by Crippen LogP contribution is 2.45. The van der Waals surface area contributed by atoms with Crippen molar-refractivity contribution in [1.29, 1.82) is 0 Å². The van der Waals surface area contributed by atoms with Crippen molar-refractivity contribution >= 4 is 17.6 Å². The van der Waals surface area contributed by atoms with Crippen LogP contribution < -0.4 is 9.47 Å². The van der Waals surface area contributed by atoms with Gasteiger partial charge in [0.15, 0.2) is 5.15 Å². The fraction of sp³-hybridized carbons (Fsp3) is 0.292. The molecule has 1 saturated carbocycles. The molecular formula is C24H22ClFN2O4. The molecule has 0 saturated heterocycles. The summed E-state index contributed by atoms with van der Waals surface area (Å²) in [5, 5.41) is 9.29. The number of nitrogens with zero attached hydrogens (tertiary/aromatic N) is 2. The van der Waals surface area contributed by atoms with E-state index >= 15 is 0 Å². The second-order valence-corrected chi connectivity index (χ2v) is 8.11. The Morgan fingerprint density at radius 3 is 2.75 bits per heavy atom. The lowest BCUT2D eigenvalue weighted by molar-refractivity contribution is -0.137. The molecular weight excluding hydrogens is 435 g/mol. The zero-order valence-corrected chi connectivity index (χ0v) is 18.2. The number of carboxylic acid groups (broad SMARTS) is 1. The molecule has 1 fully saturated rings. The van der Waals surface area contributed by atoms with E-state index in [1.165, 1.54) is 31.5 Å². The molecule has 1 aromatic heterocycles. The van der Waals surface area contributed by atoms with Crippen LogP contribution in [0.1, 0.15) is 36.4 Å². The second kappa shape index (κ2) is 9.53. The molecule has 3 aromatic rings. The average molecular weight is 457 g/mol. The average Bonchev–Trinajstić information content (AvgIpc) is 3.62. The Labute approximate surface area is 190 Å². The van der Waals surface area contributed by atoms with Gasteiger partial charge in [-0.05, 0) is 60.6 Å². The van der Waals surface area contributed by atoms with Crippen LogP contribution in [0.3, 0.4) is 0 Å². The minimum Gasteiger partial charge on any atom is -0.497 e. The zero-order valence-electron chi connectivity index (χ0n) is 17.4. The third-order valence-corrected chi connectivity index (χ3v) is 5.73. The summed E-state index contributed by atoms with van der Waals surface area (Å²) in [6.07, 6.45) is 3.70. The molecule has 1 heterocycles. The predicted molar refractivity (Wildman–Crippen MR) is 117 cm³/mol. The van der Waals surface area contributed by atoms with Gasteiger partial charge in [-0.3, -0.25) is 9.78 Å². The summed E-state index contributed by atoms with van der Waals surface area (Å²) < 4.78 is 25.2. The number of hydrogen-bond acceptors (Lipinski definition) is 5. The molecule has 0 spiro atoms. The summed E-state index contributed by atoms with van der Waals surface area (Å²) in [5.41, 5.74) is 1.86. The van der Waals surface area contributed by atoms with Crippen LogP contribution in [-0.4, -0.2) is 28.2 Å². The SMILES string of the molecule is COc1ccc(F)c(-c2ncc(COc3cccc([C@@H](CC(=O)O)C4CC4)c3)nc2Cl)c1. The van der Waals surface area contributed by atoms with Crippen LogP contribution in [0.5, 0.6) is 11.5 Å². The van der Waals surface area contributed by atoms with Crippen LogP contribution in [-0.2, 0) is 11.4 Å². The molecule has 0 amide bonds. The van der Waals surface area contributed by atoms with Gasteiger partial charge in [0.2, 0.25) is 0 Å². The monoisotopic (exact) mass is 456 g/mol. The minimum atomic E-state index is -0.800. The standard InChI is InChI=1S/C24H22ClFN2O4/c1-31-17-7-8-21(26)20(10-17)23-24(25)28-16(12-27-23)13-32-18-4-2-3-15(9-18)19(11-22(29)30)14-5-6-14/h2-4,7-10,12,14,19H,5-6,11,13H2,1H3,(H,29,30)/t19-/m0/s1. The predicted octanol–water partition coefficient (Wildman–Crippen LogP) is 5.49. The van der Waals surface area contributed by atoms with E-state index < -0.39 is 11.8 Å². The second-order valence-electron chi connectivity index (χ2n) is 7.75. The number of rotatable bonds is 9. The van der Waals surface area contributed by atoms with Crippen LogP contribution in [0.15, 0.2) is 48.7 Å². The summed E-state index contributed by atoms with van der Waals surface area (Å²) in [4.78, 5) is 19.8. The van der Waals surface area contributed by atoms with Crippen LogP contribution >= 0.6 is 11.6 Å². The summed E-state index contributed by atoms with van der Waals surface area (Å²) in [5.74, 6) is 0.219. The maximum absolute atomic E-state index is 14.2. The molecule has 0 aliphatic heterocycles. The van der Waals surface area contributed by atoms with Crippen molar-refractivity contribution in [3.63, 3.8) is 0 Å². The van der Waals surface area contributed by atoms with Gasteiger partial charge < -0.3 is 14.6 Å². The Morgan fingerprint density at radius 1 is 1.25 bits per heavy atom. The Bertz CT molecular complexity index is 1140. The first-order valence-corrected chi connectivity index (χ1v) is 10.6. The molecule has 0 bridgehead atoms. The number of carbonyl (C=O) groups is 1. The van der Waals surface area contributed by atoms with Crippen molar-refractivity contribution in [1.82, 2.24) is 9.97 Å². The Kier molecular flexibility index (Phi) is 6.55. The molecule has 8 heteroatoms. The molecule has 2 aromatic carbocycles. The van der Waals surface area contributed by atoms with Crippen molar-refractivity contribution in [2.75, 3.05) is 7.11 Å². The van der Waals surface area contributed by atoms with E-state index in [2.05, 4.69) is 9.97 Å². The van der Waals surface area contributed by atoms with Gasteiger partial charge in [-0.15, -0.1) is 0 Å². The fourth-order valence-electron chi connectivity index (χ4n) is 3.70. The largest absolute Gasteiger partial charge is 0.497 e. The lowest BCUT2D eigenvalue weighted by Crippen LogP contribution is -2.08. The van der Waals surface area contributed by atoms with Gasteiger partial charge in [-0.2, -0.15) is 0 Å². The number of ether oxygens (including phenoxy) is 2. The molecule has 1 aliphatic carbocycles. The fourth-order valence-corrected chi connectivity index (χ4v) is 3.96. The van der Waals surface area contributed by atoms with Crippen molar-refractivity contribution in [2.45, 2.75) is 31.8 Å². The summed E-state index contributed by atoms with van der Waals surface area (Å²) >= 11 is 6.28. The first-order valence-electron chi connectivity index (χ1n) is 10.2. The maximum atomic E-state index is 14.2. The van der Waals surface area contributed by atoms with Crippen molar-refractivity contribution < 1.29 is 23.8 Å². The Hall–Kier alpha value is -3.19. The molecule has 1 N–H and O–H groups in total. The number of benzene rings is 2. The smallest absolute Gasteiger partial charge is 0.303 e. The summed E-state index contributed by atoms with van der Waals surface area (Å²) in [6, 6.07) is 11.8. The molecule has 1 aliphatic rings. The molecule has 0 radical (unpaired) electrons. The van der Waals surface area contributed by atoms with Crippen molar-refractivity contribution in [3.8, 4) is 22.8 Å². The zero-order chi connectivity index (χ0) is 22.7. The van der Waals surface area contributed by atoms with Gasteiger partial charge in [-0.1, -0.05) is 23.7 Å². The minimum absolute atomic E-state index is 0.0117. The Morgan fingerprint density at radius 2 is 2.06 bits per heavy atom. The van der Waals surface area contributed by atoms with Crippen LogP contribution in [0.4, 0.5) is 4.39 Å². The molecule has 166 valence electrons. The molecule has 1 atom stereocenters. The van der Waals surface area contributed by atoms with E-state index in [1.54, 1.807) is 0 Å². The van der Waals surface area contributed by atoms with Crippen LogP contribution in [0.25, 0.3) is 11.3 Å². The van der Waals surface area contributed by atoms with Gasteiger partial charge in [0.05, 0.1) is 25.4 Å². The van der Waals surface area contributed by atoms with Crippen LogP contribution in [0, 0.1) is 11.7 Å². The molecule has 4 rings (SSSR count). The molecule has 32 heavy (non-hydrogen) atoms. The first-order chi connectivity index (χ1) is 15.4. The van der Waals surface area contributed by atoms with E-state index in [1.807, 2.05) is 24.3 Å². The summed E-state index contributed by atoms with van der Waals surface area (Å²) in [7, 11) is 1.49. The third-order valence-electron chi connectivity index (χ3n) is 5.47. The highest BCUT2D eigenvalue weighted by atomic mass is 35.5. The quantitative estimate of drug-likeness (QED) is 0.458. The van der Waals surface area contributed by atoms with E-state index in [0.29, 0.717) is 23.1 Å². The van der Waals surface area contributed by atoms with E-state index in [0.717, 1.165) is 18.4 Å². The number of carboxylic acids is 1. The van der Waals surface area contributed by atoms with Gasteiger partial charge >= 0.3 is 5.97 Å². The number of aromatic nitrogens is 2. The lowest BCUT2D eigenvalue weighted by Gasteiger charge is -2.16. The van der Waals surface area contributed by atoms with Gasteiger partial charge in [0, 0.05) is 5.56 Å².